The van der Waals surface area contributed by atoms with Gasteiger partial charge in [-0.2, -0.15) is 8.78 Å². The highest BCUT2D eigenvalue weighted by Crippen LogP contribution is 2.59. The lowest BCUT2D eigenvalue weighted by atomic mass is 10.0. The predicted molar refractivity (Wildman–Crippen MR) is 203 cm³/mol. The lowest BCUT2D eigenvalue weighted by Crippen LogP contribution is -2.56. The summed E-state index contributed by atoms with van der Waals surface area (Å²) in [6, 6.07) is 15.4. The van der Waals surface area contributed by atoms with E-state index in [0.717, 1.165) is 34.9 Å². The van der Waals surface area contributed by atoms with Gasteiger partial charge < -0.3 is 30.9 Å². The highest BCUT2D eigenvalue weighted by atomic mass is 31.2. The van der Waals surface area contributed by atoms with Crippen molar-refractivity contribution in [3.63, 3.8) is 0 Å². The van der Waals surface area contributed by atoms with Gasteiger partial charge in [-0.15, -0.1) is 0 Å². The fourth-order valence-electron chi connectivity index (χ4n) is 6.93. The molecule has 0 aromatic heterocycles. The molecule has 4 amide bonds. The molecule has 0 saturated heterocycles. The smallest absolute Gasteiger partial charge is 0.372 e. The van der Waals surface area contributed by atoms with Crippen LogP contribution in [0.15, 0.2) is 72.8 Å². The average Bonchev–Trinajstić information content (AvgIpc) is 3.47. The first-order valence-corrected chi connectivity index (χ1v) is 19.7. The van der Waals surface area contributed by atoms with Crippen molar-refractivity contribution >= 4 is 42.5 Å². The summed E-state index contributed by atoms with van der Waals surface area (Å²) in [5.74, 6) is -1.83. The number of nitrogens with zero attached hydrogens (tertiary/aromatic N) is 1. The van der Waals surface area contributed by atoms with Crippen LogP contribution in [0, 0.1) is 0 Å². The third-order valence-corrected chi connectivity index (χ3v) is 11.1. The number of halogens is 2. The minimum absolute atomic E-state index is 0.00312. The average molecular weight is 781 g/mol. The number of hydrogen-bond acceptors (Lipinski definition) is 6. The van der Waals surface area contributed by atoms with Crippen LogP contribution in [0.2, 0.25) is 0 Å². The zero-order chi connectivity index (χ0) is 40.2. The van der Waals surface area contributed by atoms with Crippen molar-refractivity contribution in [2.24, 2.45) is 5.73 Å². The van der Waals surface area contributed by atoms with Gasteiger partial charge >= 0.3 is 13.3 Å². The van der Waals surface area contributed by atoms with Crippen LogP contribution < -0.4 is 21.3 Å². The van der Waals surface area contributed by atoms with Gasteiger partial charge in [0.1, 0.15) is 12.1 Å². The molecule has 294 valence electrons. The molecule has 3 aromatic rings. The van der Waals surface area contributed by atoms with E-state index in [4.69, 9.17) is 20.3 Å². The van der Waals surface area contributed by atoms with Crippen molar-refractivity contribution in [3.8, 4) is 0 Å². The fourth-order valence-corrected chi connectivity index (χ4v) is 7.41. The van der Waals surface area contributed by atoms with Crippen molar-refractivity contribution in [2.45, 2.75) is 102 Å². The van der Waals surface area contributed by atoms with Crippen LogP contribution in [-0.4, -0.2) is 57.6 Å². The molecule has 0 saturated carbocycles. The van der Waals surface area contributed by atoms with Gasteiger partial charge in [-0.25, -0.2) is 0 Å². The maximum atomic E-state index is 14.4. The van der Waals surface area contributed by atoms with E-state index >= 15 is 0 Å². The number of nitrogens with one attached hydrogen (secondary N) is 2. The monoisotopic (exact) mass is 780 g/mol. The number of primary amides is 1. The molecule has 6 N–H and O–H groups in total. The molecular weight excluding hydrogens is 733 g/mol. The quantitative estimate of drug-likeness (QED) is 0.103. The van der Waals surface area contributed by atoms with Gasteiger partial charge in [0, 0.05) is 24.5 Å². The molecule has 3 aromatic carbocycles. The van der Waals surface area contributed by atoms with E-state index in [1.54, 1.807) is 6.92 Å². The number of amides is 4. The minimum Gasteiger partial charge on any atom is -0.372 e. The highest BCUT2D eigenvalue weighted by molar-refractivity contribution is 7.52. The van der Waals surface area contributed by atoms with Crippen LogP contribution in [0.4, 0.5) is 14.5 Å². The largest absolute Gasteiger partial charge is 0.399 e. The third kappa shape index (κ3) is 9.56. The Hall–Kier alpha value is -4.75. The second-order valence-corrected chi connectivity index (χ2v) is 16.1. The van der Waals surface area contributed by atoms with Crippen molar-refractivity contribution in [1.29, 1.82) is 0 Å². The zero-order valence-corrected chi connectivity index (χ0v) is 32.0. The standard InChI is InChI=1S/C40H47F2N4O8P/c1-23(2)27-13-11-26(12-14-27)22-54-25(4)32(17-18-35(43)47)45-38(49)34-21-30-9-5-7-28-15-16-33(39(50)46(34)37(28)30)44-36(48)19-24(3)29-8-6-10-31(20-29)40(41,42)55(51,52)53/h5-14,19-20,23,25,32-34H,15-18,21-22H2,1-4H3,(H2,43,47)(H,44,48)(H,45,49)(H2,51,52,53)/b24-19+/t25-,32+,33+,34+/m1/s1. The summed E-state index contributed by atoms with van der Waals surface area (Å²) in [5, 5.41) is 5.73. The molecule has 0 unspecified atom stereocenters. The summed E-state index contributed by atoms with van der Waals surface area (Å²) < 4.78 is 46.4. The van der Waals surface area contributed by atoms with Crippen LogP contribution in [0.5, 0.6) is 0 Å². The lowest BCUT2D eigenvalue weighted by molar-refractivity contribution is -0.129. The molecule has 0 radical (unpaired) electrons. The van der Waals surface area contributed by atoms with Crippen LogP contribution in [0.1, 0.15) is 86.3 Å². The molecule has 15 heteroatoms. The number of hydrogen-bond donors (Lipinski definition) is 5. The van der Waals surface area contributed by atoms with E-state index in [2.05, 4.69) is 24.5 Å². The molecule has 2 aliphatic heterocycles. The second kappa shape index (κ2) is 16.9. The van der Waals surface area contributed by atoms with Crippen LogP contribution in [0.25, 0.3) is 5.57 Å². The molecule has 0 spiro atoms. The van der Waals surface area contributed by atoms with E-state index in [1.807, 2.05) is 42.5 Å². The first-order valence-electron chi connectivity index (χ1n) is 18.1. The molecule has 12 nitrogen and oxygen atoms in total. The van der Waals surface area contributed by atoms with Crippen LogP contribution >= 0.6 is 7.60 Å². The van der Waals surface area contributed by atoms with E-state index in [1.165, 1.54) is 29.5 Å². The molecule has 2 aliphatic rings. The summed E-state index contributed by atoms with van der Waals surface area (Å²) in [6.45, 7) is 7.75. The Morgan fingerprint density at radius 2 is 1.73 bits per heavy atom. The highest BCUT2D eigenvalue weighted by Gasteiger charge is 2.50. The Labute approximate surface area is 318 Å². The number of anilines is 1. The Morgan fingerprint density at radius 3 is 2.38 bits per heavy atom. The molecule has 5 rings (SSSR count). The number of aryl methyl sites for hydroxylation is 1. The summed E-state index contributed by atoms with van der Waals surface area (Å²) in [5.41, 5.74) is 4.83. The number of carbonyl (C=O) groups is 4. The van der Waals surface area contributed by atoms with E-state index in [-0.39, 0.29) is 43.4 Å². The first-order chi connectivity index (χ1) is 25.9. The molecule has 0 bridgehead atoms. The van der Waals surface area contributed by atoms with Crippen molar-refractivity contribution in [3.05, 3.63) is 106 Å². The molecule has 2 heterocycles. The van der Waals surface area contributed by atoms with Gasteiger partial charge in [-0.05, 0) is 78.5 Å². The third-order valence-electron chi connectivity index (χ3n) is 10.2. The van der Waals surface area contributed by atoms with Crippen LogP contribution in [-0.2, 0) is 53.6 Å². The van der Waals surface area contributed by atoms with Crippen molar-refractivity contribution in [1.82, 2.24) is 10.6 Å². The Balaban J connectivity index is 1.32. The molecule has 4 atom stereocenters. The van der Waals surface area contributed by atoms with E-state index in [0.29, 0.717) is 18.0 Å². The lowest BCUT2D eigenvalue weighted by Gasteiger charge is -2.31. The normalized spacial score (nSPS) is 18.4. The molecular formula is C40H47F2N4O8P. The summed E-state index contributed by atoms with van der Waals surface area (Å²) in [4.78, 5) is 73.2. The summed E-state index contributed by atoms with van der Waals surface area (Å²) in [7, 11) is -5.81. The maximum absolute atomic E-state index is 14.4. The number of carbonyl (C=O) groups excluding carboxylic acids is 4. The van der Waals surface area contributed by atoms with Gasteiger partial charge in [0.05, 0.1) is 24.4 Å². The minimum atomic E-state index is -5.81. The van der Waals surface area contributed by atoms with E-state index in [9.17, 15) is 32.5 Å². The van der Waals surface area contributed by atoms with Crippen LogP contribution in [0.3, 0.4) is 0 Å². The molecule has 0 fully saturated rings. The number of ether oxygens (including phenoxy) is 1. The Morgan fingerprint density at radius 1 is 1.05 bits per heavy atom. The van der Waals surface area contributed by atoms with Gasteiger partial charge in [-0.1, -0.05) is 74.5 Å². The zero-order valence-electron chi connectivity index (χ0n) is 31.1. The van der Waals surface area contributed by atoms with Gasteiger partial charge in [0.15, 0.2) is 0 Å². The predicted octanol–water partition coefficient (Wildman–Crippen LogP) is 5.18. The Bertz CT molecular complexity index is 2020. The van der Waals surface area contributed by atoms with Gasteiger partial charge in [0.2, 0.25) is 23.6 Å². The SMILES string of the molecule is C/C(=C\C(=O)N[C@H]1CCc2cccc3c2N(C1=O)[C@H](C(=O)N[C@@H](CCC(N)=O)[C@@H](C)OCc1ccc(C(C)C)cc1)C3)c1cccc(C(F)(F)P(=O)(O)O)c1. The fraction of sp³-hybridized carbons (Fsp3) is 0.400. The summed E-state index contributed by atoms with van der Waals surface area (Å²) in [6.07, 6.45) is 1.63. The van der Waals surface area contributed by atoms with Crippen molar-refractivity contribution < 1.29 is 47.0 Å². The van der Waals surface area contributed by atoms with E-state index < -0.39 is 66.7 Å². The molecule has 0 aliphatic carbocycles. The molecule has 55 heavy (non-hydrogen) atoms. The van der Waals surface area contributed by atoms with Crippen molar-refractivity contribution in [2.75, 3.05) is 4.90 Å². The first kappa shape index (κ1) is 41.4. The second-order valence-electron chi connectivity index (χ2n) is 14.5. The van der Waals surface area contributed by atoms with Gasteiger partial charge in [-0.3, -0.25) is 28.6 Å². The van der Waals surface area contributed by atoms with Gasteiger partial charge in [0.25, 0.3) is 0 Å². The maximum Gasteiger partial charge on any atom is 0.399 e. The topological polar surface area (TPSA) is 188 Å². The number of para-hydroxylation sites is 1. The number of rotatable bonds is 15. The number of benzene rings is 3. The number of allylic oxidation sites excluding steroid dienone is 1. The number of nitrogens with two attached hydrogens (primary N) is 1. The Kier molecular flexibility index (Phi) is 12.8. The number of alkyl halides is 2. The summed E-state index contributed by atoms with van der Waals surface area (Å²) >= 11 is 0.